The zero-order valence-corrected chi connectivity index (χ0v) is 9.47. The van der Waals surface area contributed by atoms with E-state index in [0.717, 1.165) is 32.2 Å². The van der Waals surface area contributed by atoms with Gasteiger partial charge in [0, 0.05) is 13.1 Å². The summed E-state index contributed by atoms with van der Waals surface area (Å²) in [5, 5.41) is 9.17. The quantitative estimate of drug-likeness (QED) is 0.681. The highest BCUT2D eigenvalue weighted by atomic mass is 16.5. The largest absolute Gasteiger partial charge is 0.394 e. The third-order valence-corrected chi connectivity index (χ3v) is 3.52. The molecule has 5 nitrogen and oxygen atoms in total. The molecule has 2 unspecified atom stereocenters. The van der Waals surface area contributed by atoms with Crippen molar-refractivity contribution in [2.24, 2.45) is 5.73 Å². The van der Waals surface area contributed by atoms with E-state index in [9.17, 15) is 9.90 Å². The second-order valence-corrected chi connectivity index (χ2v) is 4.57. The van der Waals surface area contributed by atoms with Crippen LogP contribution in [0.5, 0.6) is 0 Å². The lowest BCUT2D eigenvalue weighted by molar-refractivity contribution is -0.144. The highest BCUT2D eigenvalue weighted by Crippen LogP contribution is 2.24. The van der Waals surface area contributed by atoms with Crippen molar-refractivity contribution in [2.75, 3.05) is 19.7 Å². The minimum absolute atomic E-state index is 0.00646. The van der Waals surface area contributed by atoms with Gasteiger partial charge in [-0.1, -0.05) is 0 Å². The molecule has 3 atom stereocenters. The number of rotatable bonds is 3. The maximum atomic E-state index is 12.1. The molecule has 0 saturated carbocycles. The van der Waals surface area contributed by atoms with E-state index in [4.69, 9.17) is 10.5 Å². The summed E-state index contributed by atoms with van der Waals surface area (Å²) in [5.41, 5.74) is 5.51. The molecule has 3 N–H and O–H groups in total. The molecule has 2 heterocycles. The first-order valence-corrected chi connectivity index (χ1v) is 6.03. The fraction of sp³-hybridized carbons (Fsp3) is 0.909. The fourth-order valence-electron chi connectivity index (χ4n) is 2.56. The van der Waals surface area contributed by atoms with E-state index < -0.39 is 0 Å². The van der Waals surface area contributed by atoms with Gasteiger partial charge in [0.15, 0.2) is 0 Å². The van der Waals surface area contributed by atoms with Gasteiger partial charge in [-0.15, -0.1) is 0 Å². The lowest BCUT2D eigenvalue weighted by Crippen LogP contribution is -2.43. The standard InChI is InChI=1S/C11H20N2O3/c12-6-9-3-4-10(16-9)11(15)13-5-1-2-8(13)7-14/h8-10,14H,1-7,12H2/t8-,9?,10?/m0/s1. The molecular formula is C11H20N2O3. The molecule has 92 valence electrons. The number of ether oxygens (including phenoxy) is 1. The Labute approximate surface area is 95.5 Å². The molecule has 0 aromatic carbocycles. The lowest BCUT2D eigenvalue weighted by Gasteiger charge is -2.26. The number of carbonyl (C=O) groups is 1. The SMILES string of the molecule is NCC1CCC(C(=O)N2CCC[C@H]2CO)O1. The number of aliphatic hydroxyl groups is 1. The zero-order valence-electron chi connectivity index (χ0n) is 9.47. The van der Waals surface area contributed by atoms with Gasteiger partial charge in [0.05, 0.1) is 18.8 Å². The molecule has 0 aliphatic carbocycles. The van der Waals surface area contributed by atoms with E-state index in [1.165, 1.54) is 0 Å². The van der Waals surface area contributed by atoms with Gasteiger partial charge in [-0.3, -0.25) is 4.79 Å². The van der Waals surface area contributed by atoms with Gasteiger partial charge in [0.1, 0.15) is 6.10 Å². The van der Waals surface area contributed by atoms with Crippen LogP contribution in [0.15, 0.2) is 0 Å². The average Bonchev–Trinajstić information content (AvgIpc) is 2.96. The molecule has 2 rings (SSSR count). The van der Waals surface area contributed by atoms with Gasteiger partial charge in [-0.2, -0.15) is 0 Å². The maximum Gasteiger partial charge on any atom is 0.252 e. The van der Waals surface area contributed by atoms with Crippen LogP contribution in [0.25, 0.3) is 0 Å². The first-order valence-electron chi connectivity index (χ1n) is 6.03. The highest BCUT2D eigenvalue weighted by molar-refractivity contribution is 5.81. The summed E-state index contributed by atoms with van der Waals surface area (Å²) in [4.78, 5) is 13.9. The summed E-state index contributed by atoms with van der Waals surface area (Å²) in [6.07, 6.45) is 3.20. The zero-order chi connectivity index (χ0) is 11.5. The number of aliphatic hydroxyl groups excluding tert-OH is 1. The molecule has 16 heavy (non-hydrogen) atoms. The number of likely N-dealkylation sites (tertiary alicyclic amines) is 1. The minimum atomic E-state index is -0.333. The monoisotopic (exact) mass is 228 g/mol. The Balaban J connectivity index is 1.92. The number of nitrogens with zero attached hydrogens (tertiary/aromatic N) is 1. The molecule has 0 spiro atoms. The normalized spacial score (nSPS) is 34.6. The average molecular weight is 228 g/mol. The van der Waals surface area contributed by atoms with Crippen molar-refractivity contribution in [3.8, 4) is 0 Å². The molecule has 2 saturated heterocycles. The Morgan fingerprint density at radius 1 is 1.44 bits per heavy atom. The minimum Gasteiger partial charge on any atom is -0.394 e. The van der Waals surface area contributed by atoms with E-state index in [2.05, 4.69) is 0 Å². The van der Waals surface area contributed by atoms with Gasteiger partial charge in [-0.25, -0.2) is 0 Å². The van der Waals surface area contributed by atoms with E-state index in [1.54, 1.807) is 4.90 Å². The molecule has 2 fully saturated rings. The number of hydrogen-bond donors (Lipinski definition) is 2. The molecule has 2 aliphatic rings. The van der Waals surface area contributed by atoms with Gasteiger partial charge in [0.2, 0.25) is 0 Å². The summed E-state index contributed by atoms with van der Waals surface area (Å²) in [7, 11) is 0. The van der Waals surface area contributed by atoms with Gasteiger partial charge >= 0.3 is 0 Å². The van der Waals surface area contributed by atoms with Crippen LogP contribution in [0, 0.1) is 0 Å². The second-order valence-electron chi connectivity index (χ2n) is 4.57. The molecule has 2 aliphatic heterocycles. The predicted molar refractivity (Wildman–Crippen MR) is 58.8 cm³/mol. The van der Waals surface area contributed by atoms with Crippen molar-refractivity contribution < 1.29 is 14.6 Å². The Kier molecular flexibility index (Phi) is 3.78. The van der Waals surface area contributed by atoms with Crippen molar-refractivity contribution in [1.29, 1.82) is 0 Å². The third-order valence-electron chi connectivity index (χ3n) is 3.52. The van der Waals surface area contributed by atoms with Crippen molar-refractivity contribution in [1.82, 2.24) is 4.90 Å². The second kappa shape index (κ2) is 5.12. The van der Waals surface area contributed by atoms with Crippen LogP contribution < -0.4 is 5.73 Å². The van der Waals surface area contributed by atoms with Crippen molar-refractivity contribution >= 4 is 5.91 Å². The summed E-state index contributed by atoms with van der Waals surface area (Å²) < 4.78 is 5.58. The summed E-state index contributed by atoms with van der Waals surface area (Å²) in [6.45, 7) is 1.28. The Morgan fingerprint density at radius 2 is 2.25 bits per heavy atom. The first-order chi connectivity index (χ1) is 7.76. The summed E-state index contributed by atoms with van der Waals surface area (Å²) >= 11 is 0. The number of amides is 1. The Hall–Kier alpha value is -0.650. The number of hydrogen-bond acceptors (Lipinski definition) is 4. The molecule has 5 heteroatoms. The topological polar surface area (TPSA) is 75.8 Å². The molecule has 0 aromatic heterocycles. The molecular weight excluding hydrogens is 208 g/mol. The lowest BCUT2D eigenvalue weighted by atomic mass is 10.1. The Morgan fingerprint density at radius 3 is 2.88 bits per heavy atom. The van der Waals surface area contributed by atoms with E-state index >= 15 is 0 Å². The van der Waals surface area contributed by atoms with Crippen LogP contribution >= 0.6 is 0 Å². The van der Waals surface area contributed by atoms with Crippen LogP contribution in [0.2, 0.25) is 0 Å². The van der Waals surface area contributed by atoms with Crippen molar-refractivity contribution in [2.45, 2.75) is 43.9 Å². The van der Waals surface area contributed by atoms with E-state index in [1.807, 2.05) is 0 Å². The van der Waals surface area contributed by atoms with Crippen LogP contribution in [0.1, 0.15) is 25.7 Å². The molecule has 1 amide bonds. The van der Waals surface area contributed by atoms with E-state index in [-0.39, 0.29) is 30.8 Å². The summed E-state index contributed by atoms with van der Waals surface area (Å²) in [6, 6.07) is -0.00646. The van der Waals surface area contributed by atoms with Crippen LogP contribution in [0.3, 0.4) is 0 Å². The van der Waals surface area contributed by atoms with Gasteiger partial charge in [0.25, 0.3) is 5.91 Å². The van der Waals surface area contributed by atoms with Crippen molar-refractivity contribution in [3.05, 3.63) is 0 Å². The molecule has 0 aromatic rings. The van der Waals surface area contributed by atoms with Crippen LogP contribution in [-0.2, 0) is 9.53 Å². The Bertz CT molecular complexity index is 260. The fourth-order valence-corrected chi connectivity index (χ4v) is 2.56. The number of nitrogens with two attached hydrogens (primary N) is 1. The van der Waals surface area contributed by atoms with Crippen molar-refractivity contribution in [3.63, 3.8) is 0 Å². The maximum absolute atomic E-state index is 12.1. The van der Waals surface area contributed by atoms with E-state index in [0.29, 0.717) is 6.54 Å². The van der Waals surface area contributed by atoms with Crippen LogP contribution in [0.4, 0.5) is 0 Å². The molecule has 0 radical (unpaired) electrons. The third kappa shape index (κ3) is 2.21. The first kappa shape index (κ1) is 11.8. The van der Waals surface area contributed by atoms with Crippen LogP contribution in [-0.4, -0.2) is 53.9 Å². The summed E-state index contributed by atoms with van der Waals surface area (Å²) in [5.74, 6) is 0.0347. The van der Waals surface area contributed by atoms with Gasteiger partial charge < -0.3 is 20.5 Å². The predicted octanol–water partition coefficient (Wildman–Crippen LogP) is -0.524. The highest BCUT2D eigenvalue weighted by Gasteiger charge is 2.37. The van der Waals surface area contributed by atoms with Gasteiger partial charge in [-0.05, 0) is 25.7 Å². The number of carbonyl (C=O) groups excluding carboxylic acids is 1. The smallest absolute Gasteiger partial charge is 0.252 e. The molecule has 0 bridgehead atoms.